The molecule has 0 unspecified atom stereocenters. The summed E-state index contributed by atoms with van der Waals surface area (Å²) in [5.74, 6) is 0.885. The number of aromatic nitrogens is 2. The van der Waals surface area contributed by atoms with Gasteiger partial charge in [0.15, 0.2) is 0 Å². The zero-order valence-electron chi connectivity index (χ0n) is 10.4. The number of rotatable bonds is 5. The van der Waals surface area contributed by atoms with E-state index in [0.717, 1.165) is 29.2 Å². The fourth-order valence-electron chi connectivity index (χ4n) is 1.76. The lowest BCUT2D eigenvalue weighted by Gasteiger charge is -2.08. The molecule has 1 aromatic heterocycles. The molecule has 0 atom stereocenters. The number of benzene rings is 1. The summed E-state index contributed by atoms with van der Waals surface area (Å²) in [4.78, 5) is 4.46. The topological polar surface area (TPSA) is 29.9 Å². The number of nitrogens with zero attached hydrogens (tertiary/aromatic N) is 2. The van der Waals surface area contributed by atoms with Crippen molar-refractivity contribution in [1.82, 2.24) is 9.55 Å². The summed E-state index contributed by atoms with van der Waals surface area (Å²) in [5.41, 5.74) is 2.26. The molecule has 0 aliphatic heterocycles. The van der Waals surface area contributed by atoms with E-state index >= 15 is 0 Å². The van der Waals surface area contributed by atoms with Crippen molar-refractivity contribution in [3.05, 3.63) is 58.8 Å². The largest absolute Gasteiger partial charge is 0.352 e. The fraction of sp³-hybridized carbons (Fsp3) is 0.214. The van der Waals surface area contributed by atoms with Gasteiger partial charge in [0, 0.05) is 17.2 Å². The van der Waals surface area contributed by atoms with Crippen LogP contribution in [0.1, 0.15) is 11.3 Å². The average Bonchev–Trinajstić information content (AvgIpc) is 2.70. The van der Waals surface area contributed by atoms with Gasteiger partial charge in [-0.1, -0.05) is 34.1 Å². The minimum absolute atomic E-state index is 0.719. The van der Waals surface area contributed by atoms with Gasteiger partial charge in [-0.3, -0.25) is 0 Å². The van der Waals surface area contributed by atoms with Gasteiger partial charge in [-0.15, -0.1) is 6.58 Å². The first-order valence-corrected chi connectivity index (χ1v) is 6.61. The molecule has 0 saturated carbocycles. The molecule has 2 rings (SSSR count). The van der Waals surface area contributed by atoms with Gasteiger partial charge in [-0.05, 0) is 24.6 Å². The van der Waals surface area contributed by atoms with Crippen molar-refractivity contribution < 1.29 is 0 Å². The molecule has 0 saturated heterocycles. The minimum atomic E-state index is 0.719. The SMILES string of the molecule is C=CCNc1nc(C)cn1Cc1ccc(Br)cc1. The highest BCUT2D eigenvalue weighted by atomic mass is 79.9. The highest BCUT2D eigenvalue weighted by molar-refractivity contribution is 9.10. The molecule has 0 aliphatic rings. The molecular weight excluding hydrogens is 290 g/mol. The number of halogens is 1. The molecule has 2 aromatic rings. The van der Waals surface area contributed by atoms with Crippen LogP contribution in [0.5, 0.6) is 0 Å². The van der Waals surface area contributed by atoms with Gasteiger partial charge in [0.25, 0.3) is 0 Å². The summed E-state index contributed by atoms with van der Waals surface area (Å²) >= 11 is 3.44. The molecule has 0 radical (unpaired) electrons. The van der Waals surface area contributed by atoms with Crippen LogP contribution in [-0.2, 0) is 6.54 Å². The number of nitrogens with one attached hydrogen (secondary N) is 1. The molecule has 4 heteroatoms. The minimum Gasteiger partial charge on any atom is -0.352 e. The summed E-state index contributed by atoms with van der Waals surface area (Å²) in [6, 6.07) is 8.32. The van der Waals surface area contributed by atoms with Crippen LogP contribution in [0, 0.1) is 6.92 Å². The maximum Gasteiger partial charge on any atom is 0.203 e. The normalized spacial score (nSPS) is 10.3. The first kappa shape index (κ1) is 12.9. The Kier molecular flexibility index (Phi) is 4.20. The molecular formula is C14H16BrN3. The fourth-order valence-corrected chi connectivity index (χ4v) is 2.02. The summed E-state index contributed by atoms with van der Waals surface area (Å²) in [7, 11) is 0. The number of hydrogen-bond donors (Lipinski definition) is 1. The van der Waals surface area contributed by atoms with Gasteiger partial charge >= 0.3 is 0 Å². The van der Waals surface area contributed by atoms with E-state index in [-0.39, 0.29) is 0 Å². The molecule has 94 valence electrons. The van der Waals surface area contributed by atoms with Crippen molar-refractivity contribution >= 4 is 21.9 Å². The summed E-state index contributed by atoms with van der Waals surface area (Å²) < 4.78 is 3.21. The maximum absolute atomic E-state index is 4.46. The van der Waals surface area contributed by atoms with Crippen molar-refractivity contribution in [2.45, 2.75) is 13.5 Å². The van der Waals surface area contributed by atoms with Crippen molar-refractivity contribution in [3.8, 4) is 0 Å². The molecule has 1 aromatic carbocycles. The van der Waals surface area contributed by atoms with Crippen molar-refractivity contribution in [1.29, 1.82) is 0 Å². The Morgan fingerprint density at radius 1 is 1.39 bits per heavy atom. The molecule has 0 amide bonds. The van der Waals surface area contributed by atoms with Gasteiger partial charge in [0.1, 0.15) is 0 Å². The number of imidazole rings is 1. The zero-order valence-corrected chi connectivity index (χ0v) is 11.9. The lowest BCUT2D eigenvalue weighted by Crippen LogP contribution is -2.07. The highest BCUT2D eigenvalue weighted by Crippen LogP contribution is 2.14. The Morgan fingerprint density at radius 3 is 2.78 bits per heavy atom. The molecule has 1 N–H and O–H groups in total. The van der Waals surface area contributed by atoms with Gasteiger partial charge in [0.05, 0.1) is 12.2 Å². The van der Waals surface area contributed by atoms with Crippen LogP contribution in [0.25, 0.3) is 0 Å². The Hall–Kier alpha value is -1.55. The smallest absolute Gasteiger partial charge is 0.203 e. The lowest BCUT2D eigenvalue weighted by atomic mass is 10.2. The van der Waals surface area contributed by atoms with Crippen molar-refractivity contribution in [3.63, 3.8) is 0 Å². The number of hydrogen-bond acceptors (Lipinski definition) is 2. The Bertz CT molecular complexity index is 528. The van der Waals surface area contributed by atoms with E-state index in [9.17, 15) is 0 Å². The van der Waals surface area contributed by atoms with Crippen LogP contribution in [0.4, 0.5) is 5.95 Å². The van der Waals surface area contributed by atoms with Crippen LogP contribution >= 0.6 is 15.9 Å². The second kappa shape index (κ2) is 5.87. The molecule has 3 nitrogen and oxygen atoms in total. The first-order chi connectivity index (χ1) is 8.69. The Labute approximate surface area is 116 Å². The van der Waals surface area contributed by atoms with Gasteiger partial charge < -0.3 is 9.88 Å². The predicted molar refractivity (Wildman–Crippen MR) is 78.9 cm³/mol. The van der Waals surface area contributed by atoms with Crippen LogP contribution < -0.4 is 5.32 Å². The monoisotopic (exact) mass is 305 g/mol. The third-order valence-corrected chi connectivity index (χ3v) is 3.10. The number of anilines is 1. The molecule has 0 spiro atoms. The van der Waals surface area contributed by atoms with E-state index in [4.69, 9.17) is 0 Å². The third kappa shape index (κ3) is 3.23. The lowest BCUT2D eigenvalue weighted by molar-refractivity contribution is 0.801. The van der Waals surface area contributed by atoms with Gasteiger partial charge in [-0.25, -0.2) is 4.98 Å². The van der Waals surface area contributed by atoms with Gasteiger partial charge in [0.2, 0.25) is 5.95 Å². The van der Waals surface area contributed by atoms with E-state index in [0.29, 0.717) is 0 Å². The third-order valence-electron chi connectivity index (χ3n) is 2.57. The molecule has 1 heterocycles. The maximum atomic E-state index is 4.46. The quantitative estimate of drug-likeness (QED) is 0.855. The van der Waals surface area contributed by atoms with E-state index in [2.05, 4.69) is 61.6 Å². The van der Waals surface area contributed by atoms with E-state index in [1.807, 2.05) is 19.2 Å². The highest BCUT2D eigenvalue weighted by Gasteiger charge is 2.05. The predicted octanol–water partition coefficient (Wildman–Crippen LogP) is 3.60. The molecule has 0 fully saturated rings. The van der Waals surface area contributed by atoms with Crippen molar-refractivity contribution in [2.75, 3.05) is 11.9 Å². The second-order valence-electron chi connectivity index (χ2n) is 4.13. The van der Waals surface area contributed by atoms with Gasteiger partial charge in [-0.2, -0.15) is 0 Å². The summed E-state index contributed by atoms with van der Waals surface area (Å²) in [6.07, 6.45) is 3.88. The standard InChI is InChI=1S/C14H16BrN3/c1-3-8-16-14-17-11(2)9-18(14)10-12-4-6-13(15)7-5-12/h3-7,9H,1,8,10H2,2H3,(H,16,17). The van der Waals surface area contributed by atoms with Crippen LogP contribution in [0.15, 0.2) is 47.6 Å². The van der Waals surface area contributed by atoms with E-state index in [1.54, 1.807) is 0 Å². The molecule has 18 heavy (non-hydrogen) atoms. The van der Waals surface area contributed by atoms with Crippen LogP contribution in [-0.4, -0.2) is 16.1 Å². The van der Waals surface area contributed by atoms with Crippen LogP contribution in [0.2, 0.25) is 0 Å². The first-order valence-electron chi connectivity index (χ1n) is 5.82. The Balaban J connectivity index is 2.17. The molecule has 0 bridgehead atoms. The average molecular weight is 306 g/mol. The molecule has 0 aliphatic carbocycles. The van der Waals surface area contributed by atoms with Crippen molar-refractivity contribution in [2.24, 2.45) is 0 Å². The second-order valence-corrected chi connectivity index (χ2v) is 5.05. The zero-order chi connectivity index (χ0) is 13.0. The summed E-state index contributed by atoms with van der Waals surface area (Å²) in [6.45, 7) is 7.23. The van der Waals surface area contributed by atoms with Crippen LogP contribution in [0.3, 0.4) is 0 Å². The Morgan fingerprint density at radius 2 is 2.11 bits per heavy atom. The van der Waals surface area contributed by atoms with E-state index < -0.39 is 0 Å². The summed E-state index contributed by atoms with van der Waals surface area (Å²) in [5, 5.41) is 3.24. The van der Waals surface area contributed by atoms with E-state index in [1.165, 1.54) is 5.56 Å². The number of aryl methyl sites for hydroxylation is 1.